The highest BCUT2D eigenvalue weighted by molar-refractivity contribution is 5.91. The molecule has 1 aromatic carbocycles. The number of aromatic nitrogens is 1. The van der Waals surface area contributed by atoms with Crippen molar-refractivity contribution in [2.45, 2.75) is 38.0 Å². The van der Waals surface area contributed by atoms with Crippen LogP contribution in [0.3, 0.4) is 0 Å². The summed E-state index contributed by atoms with van der Waals surface area (Å²) in [4.78, 5) is 13.5. The summed E-state index contributed by atoms with van der Waals surface area (Å²) in [5.41, 5.74) is 2.29. The van der Waals surface area contributed by atoms with Crippen LogP contribution in [0.15, 0.2) is 59.1 Å². The van der Waals surface area contributed by atoms with Gasteiger partial charge in [-0.25, -0.2) is 4.39 Å². The molecule has 1 fully saturated rings. The van der Waals surface area contributed by atoms with Gasteiger partial charge in [0.05, 0.1) is 18.8 Å². The van der Waals surface area contributed by atoms with Crippen molar-refractivity contribution < 1.29 is 18.5 Å². The SMILES string of the molecule is O=C(NC1CC1)c1ccc(C[NH+]2CCn3cccc3[C@H]2c2ccc(F)cc2)o1. The van der Waals surface area contributed by atoms with Crippen LogP contribution in [0.1, 0.15) is 46.5 Å². The van der Waals surface area contributed by atoms with E-state index in [1.165, 1.54) is 22.7 Å². The smallest absolute Gasteiger partial charge is 0.287 e. The number of rotatable bonds is 5. The summed E-state index contributed by atoms with van der Waals surface area (Å²) in [6, 6.07) is 15.0. The third-order valence-electron chi connectivity index (χ3n) is 5.65. The minimum Gasteiger partial charge on any atom is -0.450 e. The second kappa shape index (κ2) is 6.95. The van der Waals surface area contributed by atoms with Gasteiger partial charge in [-0.15, -0.1) is 0 Å². The Morgan fingerprint density at radius 3 is 2.79 bits per heavy atom. The van der Waals surface area contributed by atoms with Gasteiger partial charge < -0.3 is 19.2 Å². The van der Waals surface area contributed by atoms with E-state index in [4.69, 9.17) is 4.42 Å². The highest BCUT2D eigenvalue weighted by Gasteiger charge is 2.33. The number of carbonyl (C=O) groups is 1. The van der Waals surface area contributed by atoms with Crippen molar-refractivity contribution >= 4 is 5.91 Å². The van der Waals surface area contributed by atoms with Gasteiger partial charge in [-0.1, -0.05) is 0 Å². The van der Waals surface area contributed by atoms with Crippen LogP contribution in [-0.2, 0) is 13.1 Å². The first-order chi connectivity index (χ1) is 13.7. The van der Waals surface area contributed by atoms with E-state index in [0.29, 0.717) is 18.3 Å². The first kappa shape index (κ1) is 17.3. The zero-order chi connectivity index (χ0) is 19.1. The molecule has 1 unspecified atom stereocenters. The summed E-state index contributed by atoms with van der Waals surface area (Å²) in [6.45, 7) is 2.52. The van der Waals surface area contributed by atoms with Crippen LogP contribution in [0.2, 0.25) is 0 Å². The molecular weight excluding hydrogens is 357 g/mol. The molecule has 3 aromatic rings. The Kier molecular flexibility index (Phi) is 4.28. The molecule has 6 heteroatoms. The minimum absolute atomic E-state index is 0.0955. The van der Waals surface area contributed by atoms with Crippen LogP contribution in [0, 0.1) is 5.82 Å². The van der Waals surface area contributed by atoms with Crippen LogP contribution in [0.4, 0.5) is 4.39 Å². The Morgan fingerprint density at radius 1 is 1.18 bits per heavy atom. The predicted octanol–water partition coefficient (Wildman–Crippen LogP) is 2.30. The van der Waals surface area contributed by atoms with Crippen LogP contribution in [0.25, 0.3) is 0 Å². The van der Waals surface area contributed by atoms with Crippen LogP contribution < -0.4 is 10.2 Å². The molecule has 28 heavy (non-hydrogen) atoms. The van der Waals surface area contributed by atoms with E-state index in [1.54, 1.807) is 6.07 Å². The molecule has 0 saturated heterocycles. The molecule has 1 amide bonds. The van der Waals surface area contributed by atoms with Crippen molar-refractivity contribution in [2.75, 3.05) is 6.54 Å². The number of quaternary nitrogens is 1. The number of hydrogen-bond acceptors (Lipinski definition) is 2. The molecule has 1 aliphatic carbocycles. The molecule has 5 nitrogen and oxygen atoms in total. The van der Waals surface area contributed by atoms with Gasteiger partial charge in [-0.05, 0) is 61.4 Å². The van der Waals surface area contributed by atoms with Crippen molar-refractivity contribution in [1.29, 1.82) is 0 Å². The number of benzene rings is 1. The lowest BCUT2D eigenvalue weighted by Crippen LogP contribution is -3.12. The molecule has 0 spiro atoms. The monoisotopic (exact) mass is 380 g/mol. The van der Waals surface area contributed by atoms with Gasteiger partial charge in [-0.3, -0.25) is 4.79 Å². The van der Waals surface area contributed by atoms with Gasteiger partial charge in [0.1, 0.15) is 12.4 Å². The molecule has 2 atom stereocenters. The fourth-order valence-corrected chi connectivity index (χ4v) is 4.07. The van der Waals surface area contributed by atoms with Crippen LogP contribution >= 0.6 is 0 Å². The Labute approximate surface area is 162 Å². The lowest BCUT2D eigenvalue weighted by Gasteiger charge is -2.33. The molecule has 1 saturated carbocycles. The van der Waals surface area contributed by atoms with E-state index in [-0.39, 0.29) is 17.8 Å². The largest absolute Gasteiger partial charge is 0.450 e. The average molecular weight is 380 g/mol. The van der Waals surface area contributed by atoms with Gasteiger partial charge in [0.2, 0.25) is 0 Å². The van der Waals surface area contributed by atoms with E-state index < -0.39 is 0 Å². The van der Waals surface area contributed by atoms with E-state index in [2.05, 4.69) is 28.2 Å². The highest BCUT2D eigenvalue weighted by Crippen LogP contribution is 2.23. The van der Waals surface area contributed by atoms with E-state index in [1.807, 2.05) is 18.2 Å². The van der Waals surface area contributed by atoms with Gasteiger partial charge in [-0.2, -0.15) is 0 Å². The van der Waals surface area contributed by atoms with E-state index in [9.17, 15) is 9.18 Å². The summed E-state index contributed by atoms with van der Waals surface area (Å²) in [7, 11) is 0. The maximum absolute atomic E-state index is 13.4. The van der Waals surface area contributed by atoms with Crippen molar-refractivity contribution in [2.24, 2.45) is 0 Å². The average Bonchev–Trinajstić information content (AvgIpc) is 3.18. The summed E-state index contributed by atoms with van der Waals surface area (Å²) < 4.78 is 21.6. The minimum atomic E-state index is -0.228. The van der Waals surface area contributed by atoms with Crippen LogP contribution in [-0.4, -0.2) is 23.1 Å². The number of halogens is 1. The van der Waals surface area contributed by atoms with Crippen molar-refractivity contribution in [1.82, 2.24) is 9.88 Å². The summed E-state index contributed by atoms with van der Waals surface area (Å²) >= 11 is 0. The zero-order valence-corrected chi connectivity index (χ0v) is 15.5. The molecule has 1 aliphatic heterocycles. The quantitative estimate of drug-likeness (QED) is 0.714. The number of amides is 1. The molecule has 0 radical (unpaired) electrons. The normalized spacial score (nSPS) is 21.3. The Hall–Kier alpha value is -2.86. The molecule has 2 aromatic heterocycles. The number of carbonyl (C=O) groups excluding carboxylic acids is 1. The van der Waals surface area contributed by atoms with Gasteiger partial charge in [0.25, 0.3) is 5.91 Å². The molecule has 2 N–H and O–H groups in total. The number of hydrogen-bond donors (Lipinski definition) is 2. The fourth-order valence-electron chi connectivity index (χ4n) is 4.07. The topological polar surface area (TPSA) is 51.6 Å². The third-order valence-corrected chi connectivity index (χ3v) is 5.65. The lowest BCUT2D eigenvalue weighted by atomic mass is 9.99. The second-order valence-corrected chi connectivity index (χ2v) is 7.71. The molecule has 0 bridgehead atoms. The number of fused-ring (bicyclic) bond motifs is 1. The Morgan fingerprint density at radius 2 is 2.00 bits per heavy atom. The Balaban J connectivity index is 1.39. The Bertz CT molecular complexity index is 987. The maximum Gasteiger partial charge on any atom is 0.287 e. The van der Waals surface area contributed by atoms with Gasteiger partial charge >= 0.3 is 0 Å². The molecule has 5 rings (SSSR count). The summed E-state index contributed by atoms with van der Waals surface area (Å²) in [5.74, 6) is 0.809. The number of furan rings is 1. The van der Waals surface area contributed by atoms with Gasteiger partial charge in [0.15, 0.2) is 17.6 Å². The van der Waals surface area contributed by atoms with Crippen molar-refractivity contribution in [3.05, 3.63) is 83.3 Å². The molecule has 144 valence electrons. The van der Waals surface area contributed by atoms with Crippen LogP contribution in [0.5, 0.6) is 0 Å². The van der Waals surface area contributed by atoms with Crippen molar-refractivity contribution in [3.8, 4) is 0 Å². The highest BCUT2D eigenvalue weighted by atomic mass is 19.1. The summed E-state index contributed by atoms with van der Waals surface area (Å²) in [5, 5.41) is 2.96. The molecular formula is C22H23FN3O2+. The zero-order valence-electron chi connectivity index (χ0n) is 15.5. The lowest BCUT2D eigenvalue weighted by molar-refractivity contribution is -0.944. The standard InChI is InChI=1S/C22H22FN3O2/c23-16-5-3-15(4-6-16)21-19-2-1-11-25(19)12-13-26(21)14-18-9-10-20(28-18)22(27)24-17-7-8-17/h1-6,9-11,17,21H,7-8,12-14H2,(H,24,27)/p+1/t21-/m1/s1. The maximum atomic E-state index is 13.4. The first-order valence-corrected chi connectivity index (χ1v) is 9.82. The van der Waals surface area contributed by atoms with Crippen molar-refractivity contribution in [3.63, 3.8) is 0 Å². The predicted molar refractivity (Wildman–Crippen MR) is 101 cm³/mol. The summed E-state index contributed by atoms with van der Waals surface area (Å²) in [6.07, 6.45) is 4.20. The second-order valence-electron chi connectivity index (χ2n) is 7.71. The third kappa shape index (κ3) is 3.36. The number of nitrogens with zero attached hydrogens (tertiary/aromatic N) is 1. The molecule has 2 aliphatic rings. The fraction of sp³-hybridized carbons (Fsp3) is 0.318. The van der Waals surface area contributed by atoms with Gasteiger partial charge in [0, 0.05) is 17.8 Å². The number of nitrogens with one attached hydrogen (secondary N) is 2. The van der Waals surface area contributed by atoms with E-state index in [0.717, 1.165) is 37.3 Å². The molecule has 3 heterocycles. The van der Waals surface area contributed by atoms with E-state index >= 15 is 0 Å². The first-order valence-electron chi connectivity index (χ1n) is 9.82.